The molecule has 1 N–H and O–H groups in total. The summed E-state index contributed by atoms with van der Waals surface area (Å²) < 4.78 is 22.6. The monoisotopic (exact) mass is 177 g/mol. The van der Waals surface area contributed by atoms with Crippen molar-refractivity contribution in [1.29, 1.82) is 0 Å². The molecule has 0 aliphatic rings. The first-order valence-corrected chi connectivity index (χ1v) is 2.66. The van der Waals surface area contributed by atoms with Crippen LogP contribution >= 0.6 is 0 Å². The zero-order valence-electron chi connectivity index (χ0n) is 5.04. The van der Waals surface area contributed by atoms with E-state index in [2.05, 4.69) is 4.28 Å². The molecule has 0 aromatic carbocycles. The molecule has 0 bridgehead atoms. The average Bonchev–Trinajstić information content (AvgIpc) is 1.61. The first kappa shape index (κ1) is 12.8. The van der Waals surface area contributed by atoms with Crippen LogP contribution in [0.15, 0.2) is 0 Å². The van der Waals surface area contributed by atoms with E-state index < -0.39 is 17.3 Å². The maximum absolute atomic E-state index is 9.84. The van der Waals surface area contributed by atoms with Gasteiger partial charge in [0.25, 0.3) is 0 Å². The van der Waals surface area contributed by atoms with Crippen LogP contribution < -0.4 is 56.9 Å². The van der Waals surface area contributed by atoms with Crippen molar-refractivity contribution in [3.63, 3.8) is 0 Å². The molecule has 0 aliphatic carbocycles. The fraction of sp³-hybridized carbons (Fsp3) is 0.500. The van der Waals surface area contributed by atoms with E-state index in [1.807, 2.05) is 0 Å². The summed E-state index contributed by atoms with van der Waals surface area (Å²) >= 11 is -2.67. The third-order valence-corrected chi connectivity index (χ3v) is 0.473. The minimum Gasteiger partial charge on any atom is -0.748 e. The Morgan fingerprint density at radius 3 is 2.33 bits per heavy atom. The van der Waals surface area contributed by atoms with Gasteiger partial charge in [0.1, 0.15) is 11.4 Å². The van der Waals surface area contributed by atoms with Gasteiger partial charge in [0, 0.05) is 6.92 Å². The molecule has 0 saturated heterocycles. The summed E-state index contributed by atoms with van der Waals surface area (Å²) in [4.78, 5) is 9.84. The van der Waals surface area contributed by atoms with Gasteiger partial charge < -0.3 is 4.55 Å². The predicted molar refractivity (Wildman–Crippen MR) is 23.8 cm³/mol. The van der Waals surface area contributed by atoms with Crippen molar-refractivity contribution < 1.29 is 69.2 Å². The zero-order chi connectivity index (χ0) is 6.57. The van der Waals surface area contributed by atoms with Gasteiger partial charge in [-0.1, -0.05) is 0 Å². The maximum Gasteiger partial charge on any atom is 1.00 e. The first-order valence-electron chi connectivity index (χ1n) is 1.66. The molecule has 1 atom stereocenters. The molecule has 0 spiro atoms. The fourth-order valence-corrected chi connectivity index (χ4v) is 0.278. The van der Waals surface area contributed by atoms with Gasteiger partial charge in [-0.05, 0) is 0 Å². The van der Waals surface area contributed by atoms with Crippen molar-refractivity contribution in [1.82, 2.24) is 5.48 Å². The largest absolute Gasteiger partial charge is 1.00 e. The number of carbonyl (C=O) groups is 1. The Kier molecular flexibility index (Phi) is 10.4. The van der Waals surface area contributed by atoms with Gasteiger partial charge in [0.05, 0.1) is 0 Å². The molecule has 0 saturated carbocycles. The third kappa shape index (κ3) is 12.4. The zero-order valence-corrected chi connectivity index (χ0v) is 8.98. The number of rotatable bonds is 2. The second kappa shape index (κ2) is 7.29. The molecule has 0 rings (SSSR count). The van der Waals surface area contributed by atoms with Gasteiger partial charge in [-0.2, -0.15) is 4.28 Å². The molecule has 5 nitrogen and oxygen atoms in total. The van der Waals surface area contributed by atoms with E-state index >= 15 is 0 Å². The molecule has 0 aromatic rings. The van der Waals surface area contributed by atoms with Crippen LogP contribution in [0.2, 0.25) is 0 Å². The number of amides is 1. The van der Waals surface area contributed by atoms with Gasteiger partial charge in [0.15, 0.2) is 0 Å². The fourth-order valence-electron chi connectivity index (χ4n) is 0.0927. The van der Waals surface area contributed by atoms with Gasteiger partial charge in [-0.3, -0.25) is 4.79 Å². The summed E-state index contributed by atoms with van der Waals surface area (Å²) in [6, 6.07) is 0. The van der Waals surface area contributed by atoms with E-state index in [1.54, 1.807) is 5.48 Å². The standard InChI is InChI=1S/C2H5NO4S.K/c1-2(4)3-7-8(5)6;/h1H3,(H,3,4)(H,5,6);/q;+1/p-1. The van der Waals surface area contributed by atoms with Gasteiger partial charge >= 0.3 is 51.4 Å². The van der Waals surface area contributed by atoms with Gasteiger partial charge in [-0.15, -0.1) is 0 Å². The van der Waals surface area contributed by atoms with E-state index in [0.717, 1.165) is 6.92 Å². The van der Waals surface area contributed by atoms with Crippen molar-refractivity contribution in [3.05, 3.63) is 0 Å². The van der Waals surface area contributed by atoms with Crippen LogP contribution in [0.5, 0.6) is 0 Å². The number of carbonyl (C=O) groups excluding carboxylic acids is 1. The smallest absolute Gasteiger partial charge is 0.748 e. The summed E-state index contributed by atoms with van der Waals surface area (Å²) in [6.45, 7) is 1.13. The van der Waals surface area contributed by atoms with E-state index in [0.29, 0.717) is 0 Å². The number of hydrogen-bond donors (Lipinski definition) is 1. The van der Waals surface area contributed by atoms with Crippen LogP contribution in [0.25, 0.3) is 0 Å². The topological polar surface area (TPSA) is 78.5 Å². The molecule has 0 aromatic heterocycles. The van der Waals surface area contributed by atoms with Crippen molar-refractivity contribution in [2.24, 2.45) is 0 Å². The molecule has 0 fully saturated rings. The molecule has 9 heavy (non-hydrogen) atoms. The predicted octanol–water partition coefficient (Wildman–Crippen LogP) is -4.15. The Labute approximate surface area is 97.4 Å². The van der Waals surface area contributed by atoms with Crippen molar-refractivity contribution in [2.45, 2.75) is 6.92 Å². The molecule has 1 amide bonds. The van der Waals surface area contributed by atoms with Crippen LogP contribution in [0.4, 0.5) is 0 Å². The minimum absolute atomic E-state index is 0. The second-order valence-corrected chi connectivity index (χ2v) is 1.52. The summed E-state index contributed by atoms with van der Waals surface area (Å²) in [5.41, 5.74) is 1.59. The molecular weight excluding hydrogens is 173 g/mol. The third-order valence-electron chi connectivity index (χ3n) is 0.253. The van der Waals surface area contributed by atoms with E-state index in [1.165, 1.54) is 0 Å². The SMILES string of the molecule is CC(=O)NOS(=O)[O-].[K+]. The van der Waals surface area contributed by atoms with Crippen molar-refractivity contribution >= 4 is 17.3 Å². The summed E-state index contributed by atoms with van der Waals surface area (Å²) in [5, 5.41) is 0. The molecule has 7 heteroatoms. The van der Waals surface area contributed by atoms with Crippen molar-refractivity contribution in [2.75, 3.05) is 0 Å². The molecule has 1 unspecified atom stereocenters. The number of nitrogens with one attached hydrogen (secondary N) is 1. The molecule has 0 radical (unpaired) electrons. The molecule has 48 valence electrons. The van der Waals surface area contributed by atoms with Crippen LogP contribution in [0.3, 0.4) is 0 Å². The van der Waals surface area contributed by atoms with Gasteiger partial charge in [-0.25, -0.2) is 9.69 Å². The summed E-state index contributed by atoms with van der Waals surface area (Å²) in [5.74, 6) is -0.561. The Bertz CT molecular complexity index is 103. The maximum atomic E-state index is 9.84. The van der Waals surface area contributed by atoms with E-state index in [-0.39, 0.29) is 51.4 Å². The van der Waals surface area contributed by atoms with Crippen LogP contribution in [0.1, 0.15) is 6.92 Å². The van der Waals surface area contributed by atoms with Crippen molar-refractivity contribution in [3.8, 4) is 0 Å². The summed E-state index contributed by atoms with van der Waals surface area (Å²) in [6.07, 6.45) is 0. The van der Waals surface area contributed by atoms with E-state index in [4.69, 9.17) is 0 Å². The Balaban J connectivity index is 0. The molecule has 0 heterocycles. The Morgan fingerprint density at radius 1 is 1.78 bits per heavy atom. The quantitative estimate of drug-likeness (QED) is 0.264. The minimum atomic E-state index is -2.67. The van der Waals surface area contributed by atoms with Crippen LogP contribution in [-0.4, -0.2) is 14.7 Å². The van der Waals surface area contributed by atoms with Gasteiger partial charge in [0.2, 0.25) is 5.91 Å². The number of hydrogen-bond acceptors (Lipinski definition) is 4. The Hall–Kier alpha value is 1.18. The average molecular weight is 177 g/mol. The van der Waals surface area contributed by atoms with E-state index in [9.17, 15) is 13.6 Å². The number of hydroxylamine groups is 1. The molecule has 0 aliphatic heterocycles. The summed E-state index contributed by atoms with van der Waals surface area (Å²) in [7, 11) is 0. The normalized spacial score (nSPS) is 11.3. The Morgan fingerprint density at radius 2 is 2.22 bits per heavy atom. The van der Waals surface area contributed by atoms with Crippen LogP contribution in [-0.2, 0) is 20.4 Å². The first-order chi connectivity index (χ1) is 3.63. The van der Waals surface area contributed by atoms with Crippen LogP contribution in [0, 0.1) is 0 Å². The second-order valence-electron chi connectivity index (χ2n) is 0.946. The molecular formula is C2H4KNO4S.